The number of hydrogen-bond donors (Lipinski definition) is 0. The molecule has 0 saturated heterocycles. The minimum atomic E-state index is -4.80. The standard InChI is InChI=1S/C8H17ClO2S.C7H4ClF3O3S.C7H4ClF3O2S/c1-2-3-4-5-6-7-8-12(9,10)11;8-15(12,13)6-3-1-5(2-4-6)14-7(9,10)11;8-14(12,13)6-3-1-2-5(4-6)7(9,10)11/h2-8H2,1H3;1-4H;1-4H. The van der Waals surface area contributed by atoms with E-state index < -0.39 is 55.9 Å². The number of halogens is 9. The molecule has 0 aliphatic heterocycles. The summed E-state index contributed by atoms with van der Waals surface area (Å²) < 4.78 is 139. The van der Waals surface area contributed by atoms with Crippen LogP contribution in [0, 0.1) is 0 Å². The van der Waals surface area contributed by atoms with E-state index in [0.717, 1.165) is 55.3 Å². The zero-order chi connectivity index (χ0) is 32.1. The van der Waals surface area contributed by atoms with Crippen molar-refractivity contribution in [2.24, 2.45) is 0 Å². The molecule has 0 N–H and O–H groups in total. The highest BCUT2D eigenvalue weighted by atomic mass is 35.7. The van der Waals surface area contributed by atoms with Crippen molar-refractivity contribution in [3.63, 3.8) is 0 Å². The highest BCUT2D eigenvalue weighted by Crippen LogP contribution is 2.31. The molecular formula is C22H25Cl3F6O7S3. The lowest BCUT2D eigenvalue weighted by atomic mass is 10.1. The molecule has 0 saturated carbocycles. The Hall–Kier alpha value is -1.46. The van der Waals surface area contributed by atoms with Gasteiger partial charge in [-0.3, -0.25) is 0 Å². The Kier molecular flexibility index (Phi) is 16.4. The molecule has 2 aromatic rings. The van der Waals surface area contributed by atoms with Crippen molar-refractivity contribution in [3.05, 3.63) is 54.1 Å². The summed E-state index contributed by atoms with van der Waals surface area (Å²) in [6, 6.07) is 6.81. The van der Waals surface area contributed by atoms with E-state index in [-0.39, 0.29) is 10.6 Å². The smallest absolute Gasteiger partial charge is 0.406 e. The molecule has 7 nitrogen and oxygen atoms in total. The predicted molar refractivity (Wildman–Crippen MR) is 144 cm³/mol. The molecule has 0 aromatic heterocycles. The van der Waals surface area contributed by atoms with Gasteiger partial charge >= 0.3 is 12.5 Å². The van der Waals surface area contributed by atoms with Crippen molar-refractivity contribution in [1.29, 1.82) is 0 Å². The predicted octanol–water partition coefficient (Wildman–Crippen LogP) is 8.06. The molecule has 236 valence electrons. The van der Waals surface area contributed by atoms with Crippen LogP contribution < -0.4 is 4.74 Å². The van der Waals surface area contributed by atoms with Crippen molar-refractivity contribution in [1.82, 2.24) is 0 Å². The van der Waals surface area contributed by atoms with Crippen LogP contribution >= 0.6 is 32.0 Å². The molecular weight excluding hydrogens is 693 g/mol. The summed E-state index contributed by atoms with van der Waals surface area (Å²) in [5.74, 6) is -0.382. The van der Waals surface area contributed by atoms with Gasteiger partial charge in [0.2, 0.25) is 9.05 Å². The van der Waals surface area contributed by atoms with Gasteiger partial charge in [0.1, 0.15) is 5.75 Å². The lowest BCUT2D eigenvalue weighted by Gasteiger charge is -2.08. The SMILES string of the molecule is CCCCCCCCS(=O)(=O)Cl.O=S(=O)(Cl)c1ccc(OC(F)(F)F)cc1.O=S(=O)(Cl)c1cccc(C(F)(F)F)c1. The quantitative estimate of drug-likeness (QED) is 0.139. The highest BCUT2D eigenvalue weighted by molar-refractivity contribution is 8.14. The van der Waals surface area contributed by atoms with Gasteiger partial charge in [-0.25, -0.2) is 25.3 Å². The Morgan fingerprint density at radius 2 is 1.17 bits per heavy atom. The first-order valence-corrected chi connectivity index (χ1v) is 18.4. The number of ether oxygens (including phenoxy) is 1. The number of alkyl halides is 6. The second-order valence-electron chi connectivity index (χ2n) is 7.93. The van der Waals surface area contributed by atoms with E-state index in [0.29, 0.717) is 12.5 Å². The summed E-state index contributed by atoms with van der Waals surface area (Å²) in [5, 5.41) is 0. The molecule has 41 heavy (non-hydrogen) atoms. The Morgan fingerprint density at radius 3 is 1.59 bits per heavy atom. The summed E-state index contributed by atoms with van der Waals surface area (Å²) in [6.07, 6.45) is -2.90. The molecule has 0 bridgehead atoms. The Balaban J connectivity index is 0.000000590. The lowest BCUT2D eigenvalue weighted by Crippen LogP contribution is -2.17. The van der Waals surface area contributed by atoms with E-state index in [1.165, 1.54) is 19.3 Å². The van der Waals surface area contributed by atoms with Gasteiger partial charge in [-0.1, -0.05) is 45.1 Å². The van der Waals surface area contributed by atoms with Gasteiger partial charge in [0.25, 0.3) is 18.1 Å². The van der Waals surface area contributed by atoms with E-state index in [2.05, 4.69) is 11.7 Å². The second-order valence-corrected chi connectivity index (χ2v) is 16.0. The number of unbranched alkanes of at least 4 members (excludes halogenated alkanes) is 5. The van der Waals surface area contributed by atoms with Gasteiger partial charge in [-0.2, -0.15) is 13.2 Å². The maximum absolute atomic E-state index is 12.1. The average Bonchev–Trinajstić information content (AvgIpc) is 2.79. The Morgan fingerprint density at radius 1 is 0.683 bits per heavy atom. The second kappa shape index (κ2) is 17.0. The van der Waals surface area contributed by atoms with Gasteiger partial charge in [0.05, 0.1) is 21.1 Å². The Labute approximate surface area is 248 Å². The molecule has 0 fully saturated rings. The zero-order valence-corrected chi connectivity index (χ0v) is 25.8. The van der Waals surface area contributed by atoms with Crippen LogP contribution in [0.25, 0.3) is 0 Å². The summed E-state index contributed by atoms with van der Waals surface area (Å²) in [4.78, 5) is -0.854. The van der Waals surface area contributed by atoms with E-state index >= 15 is 0 Å². The van der Waals surface area contributed by atoms with Crippen LogP contribution in [-0.4, -0.2) is 37.4 Å². The first kappa shape index (κ1) is 39.5. The van der Waals surface area contributed by atoms with Crippen LogP contribution in [0.3, 0.4) is 0 Å². The van der Waals surface area contributed by atoms with Crippen LogP contribution in [0.5, 0.6) is 5.75 Å². The van der Waals surface area contributed by atoms with Gasteiger partial charge in [0, 0.05) is 32.0 Å². The topological polar surface area (TPSA) is 112 Å². The molecule has 0 aliphatic rings. The van der Waals surface area contributed by atoms with Gasteiger partial charge in [-0.05, 0) is 48.9 Å². The van der Waals surface area contributed by atoms with Crippen molar-refractivity contribution in [2.75, 3.05) is 5.75 Å². The van der Waals surface area contributed by atoms with E-state index in [1.807, 2.05) is 0 Å². The molecule has 0 atom stereocenters. The van der Waals surface area contributed by atoms with Gasteiger partial charge < -0.3 is 4.74 Å². The van der Waals surface area contributed by atoms with Crippen LogP contribution in [0.15, 0.2) is 58.3 Å². The Bertz CT molecular complexity index is 1400. The summed E-state index contributed by atoms with van der Waals surface area (Å²) in [5.41, 5.74) is -1.04. The molecule has 0 unspecified atom stereocenters. The third-order valence-corrected chi connectivity index (χ3v) is 8.48. The molecule has 0 radical (unpaired) electrons. The largest absolute Gasteiger partial charge is 0.573 e. The molecule has 0 aliphatic carbocycles. The van der Waals surface area contributed by atoms with Crippen molar-refractivity contribution in [2.45, 2.75) is 67.8 Å². The van der Waals surface area contributed by atoms with Crippen LogP contribution in [0.2, 0.25) is 0 Å². The fraction of sp³-hybridized carbons (Fsp3) is 0.455. The van der Waals surface area contributed by atoms with Gasteiger partial charge in [0.15, 0.2) is 0 Å². The van der Waals surface area contributed by atoms with Gasteiger partial charge in [-0.15, -0.1) is 13.2 Å². The van der Waals surface area contributed by atoms with Crippen molar-refractivity contribution < 1.29 is 56.3 Å². The fourth-order valence-corrected chi connectivity index (χ4v) is 5.13. The first-order chi connectivity index (χ1) is 18.5. The van der Waals surface area contributed by atoms with E-state index in [1.54, 1.807) is 0 Å². The maximum atomic E-state index is 12.1. The molecule has 0 spiro atoms. The minimum absolute atomic E-state index is 0.126. The van der Waals surface area contributed by atoms with E-state index in [9.17, 15) is 51.6 Å². The zero-order valence-electron chi connectivity index (χ0n) is 21.1. The highest BCUT2D eigenvalue weighted by Gasteiger charge is 2.32. The lowest BCUT2D eigenvalue weighted by molar-refractivity contribution is -0.274. The van der Waals surface area contributed by atoms with Crippen molar-refractivity contribution in [3.8, 4) is 5.75 Å². The molecule has 2 aromatic carbocycles. The number of benzene rings is 2. The summed E-state index contributed by atoms with van der Waals surface area (Å²) in [6.45, 7) is 2.16. The fourth-order valence-electron chi connectivity index (χ4n) is 2.68. The third-order valence-electron chi connectivity index (χ3n) is 4.52. The normalized spacial score (nSPS) is 12.4. The summed E-state index contributed by atoms with van der Waals surface area (Å²) in [7, 11) is 3.60. The van der Waals surface area contributed by atoms with Crippen LogP contribution in [0.1, 0.15) is 51.0 Å². The van der Waals surface area contributed by atoms with Crippen LogP contribution in [-0.2, 0) is 33.3 Å². The average molecular weight is 718 g/mol. The number of rotatable bonds is 10. The van der Waals surface area contributed by atoms with Crippen LogP contribution in [0.4, 0.5) is 26.3 Å². The number of hydrogen-bond acceptors (Lipinski definition) is 7. The molecule has 2 rings (SSSR count). The van der Waals surface area contributed by atoms with E-state index in [4.69, 9.17) is 32.0 Å². The molecule has 0 heterocycles. The molecule has 19 heteroatoms. The monoisotopic (exact) mass is 716 g/mol. The minimum Gasteiger partial charge on any atom is -0.406 e. The first-order valence-electron chi connectivity index (χ1n) is 11.3. The van der Waals surface area contributed by atoms with Crippen molar-refractivity contribution >= 4 is 59.2 Å². The third kappa shape index (κ3) is 20.1. The summed E-state index contributed by atoms with van der Waals surface area (Å²) >= 11 is 0. The maximum Gasteiger partial charge on any atom is 0.573 e. The molecule has 0 amide bonds.